The maximum atomic E-state index is 13.4. The highest BCUT2D eigenvalue weighted by Crippen LogP contribution is 2.25. The monoisotopic (exact) mass is 429 g/mol. The van der Waals surface area contributed by atoms with Gasteiger partial charge in [0.25, 0.3) is 5.56 Å². The van der Waals surface area contributed by atoms with E-state index < -0.39 is 11.1 Å². The molecule has 3 rings (SSSR count). The molecule has 0 aliphatic rings. The summed E-state index contributed by atoms with van der Waals surface area (Å²) in [5.41, 5.74) is 0.776. The summed E-state index contributed by atoms with van der Waals surface area (Å²) in [6.07, 6.45) is 0.728. The second-order valence-corrected chi connectivity index (χ2v) is 7.94. The van der Waals surface area contributed by atoms with Crippen molar-refractivity contribution < 1.29 is 13.9 Å². The van der Waals surface area contributed by atoms with Crippen LogP contribution >= 0.6 is 11.8 Å². The van der Waals surface area contributed by atoms with Crippen molar-refractivity contribution in [3.05, 3.63) is 64.7 Å². The minimum Gasteiger partial charge on any atom is -0.382 e. The number of hydrogen-bond donors (Lipinski definition) is 1. The van der Waals surface area contributed by atoms with Gasteiger partial charge in [-0.25, -0.2) is 9.37 Å². The zero-order chi connectivity index (χ0) is 21.5. The van der Waals surface area contributed by atoms with Crippen LogP contribution in [0.1, 0.15) is 20.3 Å². The molecule has 1 heterocycles. The summed E-state index contributed by atoms with van der Waals surface area (Å²) >= 11 is 1.19. The molecule has 30 heavy (non-hydrogen) atoms. The van der Waals surface area contributed by atoms with E-state index in [0.29, 0.717) is 41.5 Å². The Balaban J connectivity index is 1.88. The average Bonchev–Trinajstić information content (AvgIpc) is 2.74. The fraction of sp³-hybridized carbons (Fsp3) is 0.318. The Kier molecular flexibility index (Phi) is 7.59. The standard InChI is InChI=1S/C22H24FN3O3S/c1-3-29-14-6-13-24-20(27)15(2)30-22-25-19-8-5-4-7-18(19)21(28)26(22)17-11-9-16(23)10-12-17/h4-5,7-12,15H,3,6,13-14H2,1-2H3,(H,24,27). The van der Waals surface area contributed by atoms with Gasteiger partial charge in [-0.05, 0) is 56.7 Å². The van der Waals surface area contributed by atoms with Gasteiger partial charge in [-0.3, -0.25) is 14.2 Å². The van der Waals surface area contributed by atoms with E-state index in [4.69, 9.17) is 4.74 Å². The number of ether oxygens (including phenoxy) is 1. The average molecular weight is 430 g/mol. The van der Waals surface area contributed by atoms with Crippen molar-refractivity contribution in [1.29, 1.82) is 0 Å². The van der Waals surface area contributed by atoms with Crippen LogP contribution in [0.2, 0.25) is 0 Å². The highest BCUT2D eigenvalue weighted by Gasteiger charge is 2.20. The SMILES string of the molecule is CCOCCCNC(=O)C(C)Sc1nc2ccccc2c(=O)n1-c1ccc(F)cc1. The van der Waals surface area contributed by atoms with Crippen LogP contribution in [-0.4, -0.2) is 40.5 Å². The molecular weight excluding hydrogens is 405 g/mol. The molecule has 3 aromatic rings. The first-order chi connectivity index (χ1) is 14.5. The fourth-order valence-corrected chi connectivity index (χ4v) is 3.85. The van der Waals surface area contributed by atoms with Gasteiger partial charge in [0.2, 0.25) is 5.91 Å². The van der Waals surface area contributed by atoms with E-state index in [-0.39, 0.29) is 11.5 Å². The first kappa shape index (κ1) is 22.0. The molecule has 0 aliphatic heterocycles. The lowest BCUT2D eigenvalue weighted by Gasteiger charge is -2.16. The first-order valence-electron chi connectivity index (χ1n) is 9.81. The van der Waals surface area contributed by atoms with E-state index in [1.165, 1.54) is 40.6 Å². The molecular formula is C22H24FN3O3S. The first-order valence-corrected chi connectivity index (χ1v) is 10.7. The number of fused-ring (bicyclic) bond motifs is 1. The molecule has 0 aliphatic carbocycles. The third-order valence-electron chi connectivity index (χ3n) is 4.45. The number of rotatable bonds is 9. The Morgan fingerprint density at radius 2 is 1.97 bits per heavy atom. The lowest BCUT2D eigenvalue weighted by molar-refractivity contribution is -0.120. The Bertz CT molecular complexity index is 1070. The molecule has 0 fully saturated rings. The number of amides is 1. The highest BCUT2D eigenvalue weighted by atomic mass is 32.2. The van der Waals surface area contributed by atoms with Gasteiger partial charge in [0, 0.05) is 19.8 Å². The molecule has 2 aromatic carbocycles. The molecule has 158 valence electrons. The van der Waals surface area contributed by atoms with Crippen LogP contribution in [0.3, 0.4) is 0 Å². The van der Waals surface area contributed by atoms with Crippen LogP contribution in [-0.2, 0) is 9.53 Å². The van der Waals surface area contributed by atoms with Crippen LogP contribution in [0.15, 0.2) is 58.5 Å². The Morgan fingerprint density at radius 3 is 2.70 bits per heavy atom. The van der Waals surface area contributed by atoms with Gasteiger partial charge < -0.3 is 10.1 Å². The summed E-state index contributed by atoms with van der Waals surface area (Å²) in [5.74, 6) is -0.542. The van der Waals surface area contributed by atoms with Crippen molar-refractivity contribution in [1.82, 2.24) is 14.9 Å². The van der Waals surface area contributed by atoms with E-state index >= 15 is 0 Å². The molecule has 6 nitrogen and oxygen atoms in total. The van der Waals surface area contributed by atoms with Crippen molar-refractivity contribution in [3.63, 3.8) is 0 Å². The molecule has 1 unspecified atom stereocenters. The third kappa shape index (κ3) is 5.25. The topological polar surface area (TPSA) is 73.2 Å². The maximum absolute atomic E-state index is 13.4. The van der Waals surface area contributed by atoms with E-state index in [1.807, 2.05) is 6.92 Å². The molecule has 0 spiro atoms. The smallest absolute Gasteiger partial charge is 0.266 e. The van der Waals surface area contributed by atoms with E-state index in [2.05, 4.69) is 10.3 Å². The maximum Gasteiger partial charge on any atom is 0.266 e. The third-order valence-corrected chi connectivity index (χ3v) is 5.50. The molecule has 0 bridgehead atoms. The summed E-state index contributed by atoms with van der Waals surface area (Å²) in [5, 5.41) is 3.24. The largest absolute Gasteiger partial charge is 0.382 e. The number of para-hydroxylation sites is 1. The van der Waals surface area contributed by atoms with Gasteiger partial charge in [-0.15, -0.1) is 0 Å². The van der Waals surface area contributed by atoms with Gasteiger partial charge >= 0.3 is 0 Å². The molecule has 0 saturated heterocycles. The minimum absolute atomic E-state index is 0.149. The zero-order valence-electron chi connectivity index (χ0n) is 16.9. The quantitative estimate of drug-likeness (QED) is 0.320. The summed E-state index contributed by atoms with van der Waals surface area (Å²) in [6.45, 7) is 5.44. The molecule has 0 radical (unpaired) electrons. The van der Waals surface area contributed by atoms with Crippen molar-refractivity contribution >= 4 is 28.6 Å². The van der Waals surface area contributed by atoms with Gasteiger partial charge in [0.05, 0.1) is 21.8 Å². The number of carbonyl (C=O) groups is 1. The molecule has 1 amide bonds. The Morgan fingerprint density at radius 1 is 1.23 bits per heavy atom. The van der Waals surface area contributed by atoms with Gasteiger partial charge in [0.15, 0.2) is 5.16 Å². The van der Waals surface area contributed by atoms with E-state index in [1.54, 1.807) is 31.2 Å². The predicted molar refractivity (Wildman–Crippen MR) is 117 cm³/mol. The van der Waals surface area contributed by atoms with Gasteiger partial charge in [-0.1, -0.05) is 23.9 Å². The number of halogens is 1. The highest BCUT2D eigenvalue weighted by molar-refractivity contribution is 8.00. The van der Waals surface area contributed by atoms with Crippen molar-refractivity contribution in [2.45, 2.75) is 30.7 Å². The summed E-state index contributed by atoms with van der Waals surface area (Å²) in [7, 11) is 0. The van der Waals surface area contributed by atoms with Crippen LogP contribution < -0.4 is 10.9 Å². The number of hydrogen-bond acceptors (Lipinski definition) is 5. The number of carbonyl (C=O) groups excluding carboxylic acids is 1. The summed E-state index contributed by atoms with van der Waals surface area (Å²) in [4.78, 5) is 30.3. The van der Waals surface area contributed by atoms with Crippen LogP contribution in [0, 0.1) is 5.82 Å². The normalized spacial score (nSPS) is 12.1. The second kappa shape index (κ2) is 10.4. The van der Waals surface area contributed by atoms with Crippen molar-refractivity contribution in [2.24, 2.45) is 0 Å². The molecule has 1 aromatic heterocycles. The Hall–Kier alpha value is -2.71. The van der Waals surface area contributed by atoms with Crippen molar-refractivity contribution in [2.75, 3.05) is 19.8 Å². The van der Waals surface area contributed by atoms with Gasteiger partial charge in [-0.2, -0.15) is 0 Å². The fourth-order valence-electron chi connectivity index (χ4n) is 2.89. The molecule has 1 atom stereocenters. The number of benzene rings is 2. The lowest BCUT2D eigenvalue weighted by Crippen LogP contribution is -2.33. The second-order valence-electron chi connectivity index (χ2n) is 6.63. The minimum atomic E-state index is -0.475. The van der Waals surface area contributed by atoms with Crippen molar-refractivity contribution in [3.8, 4) is 5.69 Å². The summed E-state index contributed by atoms with van der Waals surface area (Å²) < 4.78 is 20.1. The molecule has 0 saturated carbocycles. The molecule has 8 heteroatoms. The van der Waals surface area contributed by atoms with Crippen LogP contribution in [0.25, 0.3) is 16.6 Å². The Labute approximate surface area is 178 Å². The summed E-state index contributed by atoms with van der Waals surface area (Å²) in [6, 6.07) is 12.7. The van der Waals surface area contributed by atoms with Gasteiger partial charge in [0.1, 0.15) is 5.82 Å². The number of aromatic nitrogens is 2. The van der Waals surface area contributed by atoms with Crippen LogP contribution in [0.4, 0.5) is 4.39 Å². The van der Waals surface area contributed by atoms with E-state index in [0.717, 1.165) is 6.42 Å². The van der Waals surface area contributed by atoms with E-state index in [9.17, 15) is 14.0 Å². The zero-order valence-corrected chi connectivity index (χ0v) is 17.7. The number of nitrogens with zero attached hydrogens (tertiary/aromatic N) is 2. The van der Waals surface area contributed by atoms with Crippen LogP contribution in [0.5, 0.6) is 0 Å². The molecule has 1 N–H and O–H groups in total. The predicted octanol–water partition coefficient (Wildman–Crippen LogP) is 3.55. The lowest BCUT2D eigenvalue weighted by atomic mass is 10.2. The number of nitrogens with one attached hydrogen (secondary N) is 1. The number of thioether (sulfide) groups is 1.